The zero-order valence-corrected chi connectivity index (χ0v) is 9.32. The first-order valence-corrected chi connectivity index (χ1v) is 6.13. The van der Waals surface area contributed by atoms with Gasteiger partial charge in [-0.3, -0.25) is 0 Å². The van der Waals surface area contributed by atoms with Gasteiger partial charge in [0.25, 0.3) is 0 Å². The van der Waals surface area contributed by atoms with Crippen LogP contribution in [0.2, 0.25) is 0 Å². The highest BCUT2D eigenvalue weighted by Crippen LogP contribution is 2.47. The van der Waals surface area contributed by atoms with Gasteiger partial charge in [0.1, 0.15) is 0 Å². The molecule has 0 bridgehead atoms. The van der Waals surface area contributed by atoms with Gasteiger partial charge < -0.3 is 5.32 Å². The van der Waals surface area contributed by atoms with Crippen molar-refractivity contribution in [2.45, 2.75) is 31.7 Å². The predicted octanol–water partition coefficient (Wildman–Crippen LogP) is 2.79. The average Bonchev–Trinajstić information content (AvgIpc) is 3.14. The van der Waals surface area contributed by atoms with E-state index in [1.165, 1.54) is 24.9 Å². The van der Waals surface area contributed by atoms with Crippen molar-refractivity contribution in [2.75, 3.05) is 6.54 Å². The molecule has 1 N–H and O–H groups in total. The van der Waals surface area contributed by atoms with Crippen molar-refractivity contribution >= 4 is 0 Å². The van der Waals surface area contributed by atoms with Crippen molar-refractivity contribution in [3.63, 3.8) is 0 Å². The molecule has 1 aromatic carbocycles. The molecule has 0 saturated heterocycles. The Morgan fingerprint density at radius 2 is 1.93 bits per heavy atom. The Morgan fingerprint density at radius 3 is 2.60 bits per heavy atom. The fraction of sp³-hybridized carbons (Fsp3) is 0.571. The van der Waals surface area contributed by atoms with E-state index >= 15 is 0 Å². The molecule has 2 aliphatic carbocycles. The molecule has 4 unspecified atom stereocenters. The molecule has 15 heavy (non-hydrogen) atoms. The highest BCUT2D eigenvalue weighted by molar-refractivity contribution is 5.25. The topological polar surface area (TPSA) is 12.0 Å². The fourth-order valence-corrected chi connectivity index (χ4v) is 2.49. The highest BCUT2D eigenvalue weighted by atomic mass is 15.0. The lowest BCUT2D eigenvalue weighted by Crippen LogP contribution is -2.20. The monoisotopic (exact) mass is 201 g/mol. The molecule has 1 aromatic rings. The molecule has 0 amide bonds. The molecule has 80 valence electrons. The van der Waals surface area contributed by atoms with Crippen LogP contribution < -0.4 is 5.32 Å². The molecule has 2 aliphatic rings. The third-order valence-electron chi connectivity index (χ3n) is 3.90. The summed E-state index contributed by atoms with van der Waals surface area (Å²) in [5.41, 5.74) is 1.54. The van der Waals surface area contributed by atoms with Crippen LogP contribution in [-0.2, 0) is 0 Å². The van der Waals surface area contributed by atoms with Gasteiger partial charge in [0.15, 0.2) is 0 Å². The number of rotatable bonds is 4. The first kappa shape index (κ1) is 9.41. The lowest BCUT2D eigenvalue weighted by Gasteiger charge is -2.02. The number of benzene rings is 1. The largest absolute Gasteiger partial charge is 0.313 e. The first-order chi connectivity index (χ1) is 7.34. The number of hydrogen-bond acceptors (Lipinski definition) is 1. The zero-order valence-electron chi connectivity index (χ0n) is 9.32. The van der Waals surface area contributed by atoms with Gasteiger partial charge in [0.05, 0.1) is 0 Å². The summed E-state index contributed by atoms with van der Waals surface area (Å²) in [6.45, 7) is 3.56. The Bertz CT molecular complexity index is 332. The van der Waals surface area contributed by atoms with E-state index in [9.17, 15) is 0 Å². The quantitative estimate of drug-likeness (QED) is 0.790. The second kappa shape index (κ2) is 3.64. The molecule has 1 heteroatoms. The Labute approximate surface area is 91.9 Å². The van der Waals surface area contributed by atoms with Crippen LogP contribution >= 0.6 is 0 Å². The van der Waals surface area contributed by atoms with Gasteiger partial charge in [-0.1, -0.05) is 37.3 Å². The van der Waals surface area contributed by atoms with Crippen LogP contribution in [0.1, 0.15) is 31.2 Å². The Hall–Kier alpha value is -0.820. The second-order valence-electron chi connectivity index (χ2n) is 5.24. The highest BCUT2D eigenvalue weighted by Gasteiger charge is 2.40. The van der Waals surface area contributed by atoms with Crippen LogP contribution in [0.15, 0.2) is 30.3 Å². The van der Waals surface area contributed by atoms with Crippen LogP contribution in [0.25, 0.3) is 0 Å². The molecular weight excluding hydrogens is 182 g/mol. The molecule has 1 nitrogen and oxygen atoms in total. The lowest BCUT2D eigenvalue weighted by molar-refractivity contribution is 0.602. The van der Waals surface area contributed by atoms with Crippen LogP contribution in [0, 0.1) is 11.8 Å². The van der Waals surface area contributed by atoms with E-state index in [0.29, 0.717) is 0 Å². The third-order valence-corrected chi connectivity index (χ3v) is 3.90. The summed E-state index contributed by atoms with van der Waals surface area (Å²) < 4.78 is 0. The summed E-state index contributed by atoms with van der Waals surface area (Å²) in [6, 6.07) is 11.8. The smallest absolute Gasteiger partial charge is 0.00965 e. The first-order valence-electron chi connectivity index (χ1n) is 6.13. The van der Waals surface area contributed by atoms with Crippen LogP contribution in [0.4, 0.5) is 0 Å². The summed E-state index contributed by atoms with van der Waals surface area (Å²) in [6.07, 6.45) is 2.78. The van der Waals surface area contributed by atoms with Crippen molar-refractivity contribution < 1.29 is 0 Å². The minimum atomic E-state index is 0.835. The maximum atomic E-state index is 3.67. The van der Waals surface area contributed by atoms with Crippen molar-refractivity contribution in [1.82, 2.24) is 5.32 Å². The van der Waals surface area contributed by atoms with E-state index in [2.05, 4.69) is 42.6 Å². The van der Waals surface area contributed by atoms with Crippen LogP contribution in [0.5, 0.6) is 0 Å². The van der Waals surface area contributed by atoms with E-state index in [-0.39, 0.29) is 0 Å². The molecule has 0 aromatic heterocycles. The number of hydrogen-bond donors (Lipinski definition) is 1. The maximum absolute atomic E-state index is 3.67. The Balaban J connectivity index is 1.48. The minimum absolute atomic E-state index is 0.835. The molecule has 3 rings (SSSR count). The normalized spacial score (nSPS) is 37.7. The van der Waals surface area contributed by atoms with E-state index < -0.39 is 0 Å². The summed E-state index contributed by atoms with van der Waals surface area (Å²) in [5.74, 6) is 2.67. The second-order valence-corrected chi connectivity index (χ2v) is 5.24. The zero-order chi connectivity index (χ0) is 10.3. The molecule has 2 saturated carbocycles. The van der Waals surface area contributed by atoms with Gasteiger partial charge in [0, 0.05) is 6.04 Å². The van der Waals surface area contributed by atoms with Gasteiger partial charge in [-0.25, -0.2) is 0 Å². The molecule has 2 fully saturated rings. The molecular formula is C14H19N. The van der Waals surface area contributed by atoms with Gasteiger partial charge in [0.2, 0.25) is 0 Å². The molecule has 0 aliphatic heterocycles. The summed E-state index contributed by atoms with van der Waals surface area (Å²) in [7, 11) is 0. The van der Waals surface area contributed by atoms with Crippen molar-refractivity contribution in [3.05, 3.63) is 35.9 Å². The fourth-order valence-electron chi connectivity index (χ4n) is 2.49. The van der Waals surface area contributed by atoms with E-state index in [4.69, 9.17) is 0 Å². The molecule has 4 atom stereocenters. The standard InChI is InChI=1S/C14H19N/c1-10-7-14(10)15-9-12-8-13(12)11-5-3-2-4-6-11/h2-6,10,12-15H,7-9H2,1H3. The summed E-state index contributed by atoms with van der Waals surface area (Å²) in [5, 5.41) is 3.67. The average molecular weight is 201 g/mol. The summed E-state index contributed by atoms with van der Waals surface area (Å²) >= 11 is 0. The minimum Gasteiger partial charge on any atom is -0.313 e. The van der Waals surface area contributed by atoms with Gasteiger partial charge in [-0.15, -0.1) is 0 Å². The molecule has 0 heterocycles. The number of nitrogens with one attached hydrogen (secondary N) is 1. The van der Waals surface area contributed by atoms with Gasteiger partial charge in [-0.2, -0.15) is 0 Å². The van der Waals surface area contributed by atoms with Crippen molar-refractivity contribution in [1.29, 1.82) is 0 Å². The van der Waals surface area contributed by atoms with E-state index in [1.807, 2.05) is 0 Å². The third kappa shape index (κ3) is 2.07. The summed E-state index contributed by atoms with van der Waals surface area (Å²) in [4.78, 5) is 0. The van der Waals surface area contributed by atoms with Crippen molar-refractivity contribution in [3.8, 4) is 0 Å². The van der Waals surface area contributed by atoms with E-state index in [0.717, 1.165) is 23.8 Å². The molecule has 0 spiro atoms. The SMILES string of the molecule is CC1CC1NCC1CC1c1ccccc1. The Kier molecular flexibility index (Phi) is 2.28. The molecule has 0 radical (unpaired) electrons. The van der Waals surface area contributed by atoms with Gasteiger partial charge >= 0.3 is 0 Å². The Morgan fingerprint density at radius 1 is 1.20 bits per heavy atom. The van der Waals surface area contributed by atoms with Crippen LogP contribution in [-0.4, -0.2) is 12.6 Å². The predicted molar refractivity (Wildman–Crippen MR) is 62.9 cm³/mol. The maximum Gasteiger partial charge on any atom is 0.00965 e. The lowest BCUT2D eigenvalue weighted by atomic mass is 10.1. The van der Waals surface area contributed by atoms with Crippen LogP contribution in [0.3, 0.4) is 0 Å². The van der Waals surface area contributed by atoms with Gasteiger partial charge in [-0.05, 0) is 42.7 Å². The van der Waals surface area contributed by atoms with Crippen molar-refractivity contribution in [2.24, 2.45) is 11.8 Å². The van der Waals surface area contributed by atoms with E-state index in [1.54, 1.807) is 0 Å².